The van der Waals surface area contributed by atoms with Crippen LogP contribution in [0.1, 0.15) is 44.0 Å². The third-order valence-corrected chi connectivity index (χ3v) is 3.14. The predicted molar refractivity (Wildman–Crippen MR) is 81.4 cm³/mol. The lowest BCUT2D eigenvalue weighted by atomic mass is 10.1. The summed E-state index contributed by atoms with van der Waals surface area (Å²) >= 11 is 6.13. The van der Waals surface area contributed by atoms with Crippen LogP contribution in [0.2, 0.25) is 5.02 Å². The minimum Gasteiger partial charge on any atom is -0.491 e. The van der Waals surface area contributed by atoms with Crippen molar-refractivity contribution in [1.29, 1.82) is 0 Å². The molecule has 1 atom stereocenters. The van der Waals surface area contributed by atoms with Crippen molar-refractivity contribution in [2.45, 2.75) is 33.6 Å². The monoisotopic (exact) mass is 299 g/mol. The Morgan fingerprint density at radius 3 is 2.70 bits per heavy atom. The van der Waals surface area contributed by atoms with Crippen molar-refractivity contribution in [2.75, 3.05) is 18.9 Å². The highest BCUT2D eigenvalue weighted by Crippen LogP contribution is 2.32. The molecule has 2 N–H and O–H groups in total. The Morgan fingerprint density at radius 2 is 2.10 bits per heavy atom. The van der Waals surface area contributed by atoms with Gasteiger partial charge in [0.15, 0.2) is 5.75 Å². The summed E-state index contributed by atoms with van der Waals surface area (Å²) in [5.41, 5.74) is 6.41. The van der Waals surface area contributed by atoms with Crippen LogP contribution in [-0.2, 0) is 4.74 Å². The predicted octanol–water partition coefficient (Wildman–Crippen LogP) is 3.91. The van der Waals surface area contributed by atoms with Gasteiger partial charge in [-0.05, 0) is 31.4 Å². The van der Waals surface area contributed by atoms with Crippen molar-refractivity contribution in [2.24, 2.45) is 5.92 Å². The molecule has 1 rings (SSSR count). The molecular weight excluding hydrogens is 278 g/mol. The molecule has 20 heavy (non-hydrogen) atoms. The van der Waals surface area contributed by atoms with E-state index in [-0.39, 0.29) is 12.2 Å². The zero-order chi connectivity index (χ0) is 15.1. The molecule has 4 nitrogen and oxygen atoms in total. The van der Waals surface area contributed by atoms with Crippen LogP contribution in [0.3, 0.4) is 0 Å². The van der Waals surface area contributed by atoms with Gasteiger partial charge < -0.3 is 15.2 Å². The smallest absolute Gasteiger partial charge is 0.342 e. The van der Waals surface area contributed by atoms with E-state index >= 15 is 0 Å². The van der Waals surface area contributed by atoms with Crippen molar-refractivity contribution in [3.05, 3.63) is 22.7 Å². The van der Waals surface area contributed by atoms with Gasteiger partial charge in [0.05, 0.1) is 18.2 Å². The van der Waals surface area contributed by atoms with Gasteiger partial charge in [-0.3, -0.25) is 0 Å². The third-order valence-electron chi connectivity index (χ3n) is 2.85. The number of rotatable bonds is 7. The number of carbonyl (C=O) groups is 1. The van der Waals surface area contributed by atoms with Crippen LogP contribution in [-0.4, -0.2) is 19.2 Å². The number of anilines is 1. The van der Waals surface area contributed by atoms with Gasteiger partial charge in [-0.2, -0.15) is 0 Å². The molecule has 0 aliphatic carbocycles. The average Bonchev–Trinajstić information content (AvgIpc) is 2.37. The zero-order valence-corrected chi connectivity index (χ0v) is 13.0. The summed E-state index contributed by atoms with van der Waals surface area (Å²) in [5, 5.41) is 0.330. The minimum atomic E-state index is -0.472. The van der Waals surface area contributed by atoms with Crippen LogP contribution in [0, 0.1) is 5.92 Å². The second-order valence-corrected chi connectivity index (χ2v) is 5.21. The number of benzene rings is 1. The van der Waals surface area contributed by atoms with Crippen molar-refractivity contribution >= 4 is 23.3 Å². The molecule has 112 valence electrons. The quantitative estimate of drug-likeness (QED) is 0.612. The molecule has 1 unspecified atom stereocenters. The Labute approximate surface area is 125 Å². The first-order valence-corrected chi connectivity index (χ1v) is 7.26. The lowest BCUT2D eigenvalue weighted by molar-refractivity contribution is 0.0521. The number of esters is 1. The summed E-state index contributed by atoms with van der Waals surface area (Å²) in [4.78, 5) is 11.9. The van der Waals surface area contributed by atoms with Crippen molar-refractivity contribution in [3.63, 3.8) is 0 Å². The Kier molecular flexibility index (Phi) is 6.65. The van der Waals surface area contributed by atoms with E-state index in [1.165, 1.54) is 6.07 Å². The van der Waals surface area contributed by atoms with E-state index in [4.69, 9.17) is 26.8 Å². The maximum atomic E-state index is 11.9. The van der Waals surface area contributed by atoms with E-state index in [1.54, 1.807) is 13.0 Å². The van der Waals surface area contributed by atoms with Gasteiger partial charge in [-0.15, -0.1) is 0 Å². The molecule has 0 aliphatic rings. The lowest BCUT2D eigenvalue weighted by Gasteiger charge is -2.16. The van der Waals surface area contributed by atoms with Crippen LogP contribution in [0.15, 0.2) is 12.1 Å². The number of hydrogen-bond donors (Lipinski definition) is 1. The van der Waals surface area contributed by atoms with Crippen molar-refractivity contribution < 1.29 is 14.3 Å². The third kappa shape index (κ3) is 4.60. The molecule has 0 bridgehead atoms. The standard InChI is InChI=1S/C15H22ClNO3/c1-4-6-10(3)9-20-14-12(15(18)19-5-2)7-11(17)8-13(14)16/h7-8,10H,4-6,9,17H2,1-3H3. The summed E-state index contributed by atoms with van der Waals surface area (Å²) in [7, 11) is 0. The first-order chi connectivity index (χ1) is 9.49. The van der Waals surface area contributed by atoms with Gasteiger partial charge in [-0.25, -0.2) is 4.79 Å². The molecule has 0 aliphatic heterocycles. The van der Waals surface area contributed by atoms with Gasteiger partial charge in [0.1, 0.15) is 5.56 Å². The summed E-state index contributed by atoms with van der Waals surface area (Å²) in [6.45, 7) is 6.76. The molecule has 0 amide bonds. The molecule has 0 radical (unpaired) electrons. The fraction of sp³-hybridized carbons (Fsp3) is 0.533. The van der Waals surface area contributed by atoms with Crippen LogP contribution in [0.5, 0.6) is 5.75 Å². The van der Waals surface area contributed by atoms with Crippen LogP contribution >= 0.6 is 11.6 Å². The fourth-order valence-electron chi connectivity index (χ4n) is 1.92. The molecular formula is C15H22ClNO3. The molecule has 5 heteroatoms. The highest BCUT2D eigenvalue weighted by Gasteiger charge is 2.19. The van der Waals surface area contributed by atoms with Gasteiger partial charge in [0.2, 0.25) is 0 Å². The van der Waals surface area contributed by atoms with Gasteiger partial charge in [0.25, 0.3) is 0 Å². The molecule has 1 aromatic rings. The average molecular weight is 300 g/mol. The van der Waals surface area contributed by atoms with Gasteiger partial charge in [0, 0.05) is 5.69 Å². The van der Waals surface area contributed by atoms with E-state index in [0.29, 0.717) is 29.0 Å². The molecule has 0 spiro atoms. The lowest BCUT2D eigenvalue weighted by Crippen LogP contribution is -2.13. The molecule has 0 saturated carbocycles. The largest absolute Gasteiger partial charge is 0.491 e. The van der Waals surface area contributed by atoms with E-state index < -0.39 is 5.97 Å². The Morgan fingerprint density at radius 1 is 1.40 bits per heavy atom. The normalized spacial score (nSPS) is 12.0. The first kappa shape index (κ1) is 16.6. The topological polar surface area (TPSA) is 61.5 Å². The highest BCUT2D eigenvalue weighted by atomic mass is 35.5. The van der Waals surface area contributed by atoms with Gasteiger partial charge >= 0.3 is 5.97 Å². The second kappa shape index (κ2) is 8.00. The molecule has 1 aromatic carbocycles. The summed E-state index contributed by atoms with van der Waals surface area (Å²) in [5.74, 6) is 0.269. The minimum absolute atomic E-state index is 0.278. The number of hydrogen-bond acceptors (Lipinski definition) is 4. The maximum absolute atomic E-state index is 11.9. The highest BCUT2D eigenvalue weighted by molar-refractivity contribution is 6.33. The van der Waals surface area contributed by atoms with E-state index in [2.05, 4.69) is 13.8 Å². The van der Waals surface area contributed by atoms with Gasteiger partial charge in [-0.1, -0.05) is 31.9 Å². The Balaban J connectivity index is 2.95. The van der Waals surface area contributed by atoms with Crippen molar-refractivity contribution in [3.8, 4) is 5.75 Å². The first-order valence-electron chi connectivity index (χ1n) is 6.88. The Hall–Kier alpha value is -1.42. The summed E-state index contributed by atoms with van der Waals surface area (Å²) in [6.07, 6.45) is 2.14. The van der Waals surface area contributed by atoms with Crippen LogP contribution in [0.25, 0.3) is 0 Å². The van der Waals surface area contributed by atoms with Crippen molar-refractivity contribution in [1.82, 2.24) is 0 Å². The van der Waals surface area contributed by atoms with Crippen LogP contribution < -0.4 is 10.5 Å². The summed E-state index contributed by atoms with van der Waals surface area (Å²) in [6, 6.07) is 3.10. The fourth-order valence-corrected chi connectivity index (χ4v) is 2.21. The molecule has 0 saturated heterocycles. The second-order valence-electron chi connectivity index (χ2n) is 4.80. The number of halogens is 1. The maximum Gasteiger partial charge on any atom is 0.342 e. The molecule has 0 fully saturated rings. The van der Waals surface area contributed by atoms with E-state index in [1.807, 2.05) is 0 Å². The molecule has 0 aromatic heterocycles. The zero-order valence-electron chi connectivity index (χ0n) is 12.2. The number of nitrogens with two attached hydrogens (primary N) is 1. The molecule has 0 heterocycles. The Bertz CT molecular complexity index is 463. The summed E-state index contributed by atoms with van der Waals surface area (Å²) < 4.78 is 10.7. The van der Waals surface area contributed by atoms with Crippen LogP contribution in [0.4, 0.5) is 5.69 Å². The number of carbonyl (C=O) groups excluding carboxylic acids is 1. The van der Waals surface area contributed by atoms with E-state index in [0.717, 1.165) is 12.8 Å². The number of ether oxygens (including phenoxy) is 2. The SMILES string of the molecule is CCCC(C)COc1c(Cl)cc(N)cc1C(=O)OCC. The number of nitrogen functional groups attached to an aromatic ring is 1. The van der Waals surface area contributed by atoms with E-state index in [9.17, 15) is 4.79 Å².